The van der Waals surface area contributed by atoms with E-state index in [1.54, 1.807) is 24.3 Å². The lowest BCUT2D eigenvalue weighted by Gasteiger charge is -2.12. The minimum atomic E-state index is -0.982. The number of methoxy groups -OCH3 is 1. The summed E-state index contributed by atoms with van der Waals surface area (Å²) in [5.41, 5.74) is 4.29. The lowest BCUT2D eigenvalue weighted by Crippen LogP contribution is -2.24. The summed E-state index contributed by atoms with van der Waals surface area (Å²) in [6.45, 7) is 2.42. The Balaban J connectivity index is 0.000000431. The quantitative estimate of drug-likeness (QED) is 0.256. The predicted octanol–water partition coefficient (Wildman–Crippen LogP) is 5.05. The van der Waals surface area contributed by atoms with Crippen molar-refractivity contribution in [2.24, 2.45) is 0 Å². The average molecular weight is 449 g/mol. The second kappa shape index (κ2) is 11.8. The summed E-state index contributed by atoms with van der Waals surface area (Å²) in [5, 5.41) is 9.01. The molecule has 1 unspecified atom stereocenters. The Kier molecular flexibility index (Phi) is 8.61. The number of carbonyl (C=O) groups is 2. The molecule has 0 amide bonds. The van der Waals surface area contributed by atoms with E-state index in [1.807, 2.05) is 24.3 Å². The normalized spacial score (nSPS) is 11.6. The second-order valence-corrected chi connectivity index (χ2v) is 7.59. The van der Waals surface area contributed by atoms with E-state index in [4.69, 9.17) is 19.3 Å². The molecular weight excluding hydrogens is 420 g/mol. The van der Waals surface area contributed by atoms with Gasteiger partial charge in [-0.15, -0.1) is 0 Å². The SMILES string of the molecule is COC(Cc1ccc(OCCCOc2ccccc2C(C)=O)cc1)C(=O)O.c1cc2ccc1-2. The number of hydrogen-bond acceptors (Lipinski definition) is 5. The summed E-state index contributed by atoms with van der Waals surface area (Å²) in [4.78, 5) is 22.5. The molecule has 0 bridgehead atoms. The fourth-order valence-electron chi connectivity index (χ4n) is 3.18. The van der Waals surface area contributed by atoms with Crippen molar-refractivity contribution < 1.29 is 28.9 Å². The smallest absolute Gasteiger partial charge is 0.333 e. The maximum atomic E-state index is 11.5. The summed E-state index contributed by atoms with van der Waals surface area (Å²) in [6, 6.07) is 22.9. The Morgan fingerprint density at radius 2 is 1.45 bits per heavy atom. The fourth-order valence-corrected chi connectivity index (χ4v) is 3.18. The third-order valence-corrected chi connectivity index (χ3v) is 5.20. The van der Waals surface area contributed by atoms with Crippen LogP contribution in [0.1, 0.15) is 29.3 Å². The molecule has 6 heteroatoms. The van der Waals surface area contributed by atoms with E-state index in [0.29, 0.717) is 43.1 Å². The van der Waals surface area contributed by atoms with E-state index in [2.05, 4.69) is 24.3 Å². The first kappa shape index (κ1) is 24.0. The van der Waals surface area contributed by atoms with Crippen molar-refractivity contribution in [1.29, 1.82) is 0 Å². The van der Waals surface area contributed by atoms with Crippen LogP contribution in [0.5, 0.6) is 11.5 Å². The fraction of sp³-hybridized carbons (Fsp3) is 0.259. The van der Waals surface area contributed by atoms with Crippen LogP contribution in [0.3, 0.4) is 0 Å². The molecular formula is C27H28O6. The van der Waals surface area contributed by atoms with Crippen LogP contribution in [0, 0.1) is 0 Å². The number of aliphatic carboxylic acids is 1. The van der Waals surface area contributed by atoms with Crippen molar-refractivity contribution in [2.75, 3.05) is 20.3 Å². The predicted molar refractivity (Wildman–Crippen MR) is 126 cm³/mol. The highest BCUT2D eigenvalue weighted by molar-refractivity contribution is 5.96. The van der Waals surface area contributed by atoms with Gasteiger partial charge in [0, 0.05) is 20.0 Å². The highest BCUT2D eigenvalue weighted by Crippen LogP contribution is 2.29. The van der Waals surface area contributed by atoms with Crippen LogP contribution >= 0.6 is 0 Å². The summed E-state index contributed by atoms with van der Waals surface area (Å²) in [7, 11) is 1.38. The molecule has 2 aliphatic rings. The molecule has 172 valence electrons. The molecule has 2 aliphatic carbocycles. The monoisotopic (exact) mass is 448 g/mol. The molecule has 2 aromatic rings. The molecule has 1 N–H and O–H groups in total. The number of rotatable bonds is 11. The van der Waals surface area contributed by atoms with Gasteiger partial charge in [-0.05, 0) is 47.9 Å². The zero-order valence-corrected chi connectivity index (χ0v) is 18.8. The number of para-hydroxylation sites is 1. The van der Waals surface area contributed by atoms with Gasteiger partial charge >= 0.3 is 5.97 Å². The van der Waals surface area contributed by atoms with Crippen LogP contribution in [0.2, 0.25) is 0 Å². The summed E-state index contributed by atoms with van der Waals surface area (Å²) >= 11 is 0. The largest absolute Gasteiger partial charge is 0.493 e. The minimum Gasteiger partial charge on any atom is -0.493 e. The summed E-state index contributed by atoms with van der Waals surface area (Å²) in [5.74, 6) is 0.275. The molecule has 0 spiro atoms. The molecule has 1 atom stereocenters. The van der Waals surface area contributed by atoms with Gasteiger partial charge in [0.2, 0.25) is 0 Å². The van der Waals surface area contributed by atoms with Gasteiger partial charge in [-0.2, -0.15) is 0 Å². The summed E-state index contributed by atoms with van der Waals surface area (Å²) in [6.07, 6.45) is 0.112. The molecule has 0 radical (unpaired) electrons. The number of carboxylic acid groups (broad SMARTS) is 1. The first-order chi connectivity index (χ1) is 16.0. The van der Waals surface area contributed by atoms with Crippen molar-refractivity contribution in [3.63, 3.8) is 0 Å². The van der Waals surface area contributed by atoms with Gasteiger partial charge in [-0.1, -0.05) is 48.5 Å². The molecule has 0 saturated carbocycles. The Morgan fingerprint density at radius 1 is 0.848 bits per heavy atom. The number of fused-ring (bicyclic) bond motifs is 1. The number of benzene rings is 3. The Morgan fingerprint density at radius 3 is 1.97 bits per heavy atom. The van der Waals surface area contributed by atoms with Crippen molar-refractivity contribution in [3.05, 3.63) is 83.9 Å². The lowest BCUT2D eigenvalue weighted by molar-refractivity contribution is -0.148. The maximum absolute atomic E-state index is 11.5. The third-order valence-electron chi connectivity index (χ3n) is 5.20. The van der Waals surface area contributed by atoms with Gasteiger partial charge in [0.25, 0.3) is 0 Å². The highest BCUT2D eigenvalue weighted by atomic mass is 16.5. The van der Waals surface area contributed by atoms with E-state index in [-0.39, 0.29) is 5.78 Å². The standard InChI is InChI=1S/C21H24O6.C6H4/c1-15(22)18-6-3-4-7-19(18)27-13-5-12-26-17-10-8-16(9-11-17)14-20(25-2)21(23)24;1-2-6-4-3-5(1)6/h3-4,6-11,20H,5,12-14H2,1-2H3,(H,23,24);1-4H. The van der Waals surface area contributed by atoms with Crippen LogP contribution in [0.4, 0.5) is 0 Å². The molecule has 0 saturated heterocycles. The Bertz CT molecular complexity index is 1040. The molecule has 0 aromatic heterocycles. The van der Waals surface area contributed by atoms with Crippen LogP contribution in [-0.4, -0.2) is 43.3 Å². The molecule has 0 aliphatic heterocycles. The van der Waals surface area contributed by atoms with Gasteiger partial charge < -0.3 is 19.3 Å². The lowest BCUT2D eigenvalue weighted by atomic mass is 9.95. The highest BCUT2D eigenvalue weighted by Gasteiger charge is 2.16. The van der Waals surface area contributed by atoms with E-state index in [0.717, 1.165) is 5.56 Å². The third kappa shape index (κ3) is 6.92. The van der Waals surface area contributed by atoms with Crippen molar-refractivity contribution in [3.8, 4) is 22.6 Å². The number of hydrogen-bond donors (Lipinski definition) is 1. The zero-order chi connectivity index (χ0) is 23.6. The summed E-state index contributed by atoms with van der Waals surface area (Å²) < 4.78 is 16.3. The van der Waals surface area contributed by atoms with Crippen LogP contribution in [-0.2, 0) is 16.0 Å². The maximum Gasteiger partial charge on any atom is 0.333 e. The van der Waals surface area contributed by atoms with Gasteiger partial charge in [0.15, 0.2) is 11.9 Å². The van der Waals surface area contributed by atoms with E-state index in [9.17, 15) is 9.59 Å². The van der Waals surface area contributed by atoms with E-state index >= 15 is 0 Å². The number of carbonyl (C=O) groups excluding carboxylic acids is 1. The van der Waals surface area contributed by atoms with E-state index < -0.39 is 12.1 Å². The van der Waals surface area contributed by atoms with Gasteiger partial charge in [-0.25, -0.2) is 4.79 Å². The first-order valence-corrected chi connectivity index (χ1v) is 10.8. The molecule has 4 rings (SSSR count). The molecule has 0 heterocycles. The number of Topliss-reactive ketones (excluding diaryl/α,β-unsaturated/α-hetero) is 1. The van der Waals surface area contributed by atoms with Crippen LogP contribution in [0.25, 0.3) is 11.1 Å². The van der Waals surface area contributed by atoms with Gasteiger partial charge in [-0.3, -0.25) is 4.79 Å². The second-order valence-electron chi connectivity index (χ2n) is 7.59. The molecule has 6 nitrogen and oxygen atoms in total. The Labute approximate surface area is 193 Å². The number of carboxylic acids is 1. The molecule has 2 aromatic carbocycles. The average Bonchev–Trinajstić information content (AvgIpc) is 2.80. The van der Waals surface area contributed by atoms with Crippen LogP contribution < -0.4 is 9.47 Å². The van der Waals surface area contributed by atoms with Gasteiger partial charge in [0.1, 0.15) is 11.5 Å². The van der Waals surface area contributed by atoms with Crippen molar-refractivity contribution >= 4 is 11.8 Å². The van der Waals surface area contributed by atoms with Gasteiger partial charge in [0.05, 0.1) is 18.8 Å². The zero-order valence-electron chi connectivity index (χ0n) is 18.8. The van der Waals surface area contributed by atoms with E-state index in [1.165, 1.54) is 25.2 Å². The number of ketones is 1. The topological polar surface area (TPSA) is 82.1 Å². The van der Waals surface area contributed by atoms with Crippen molar-refractivity contribution in [1.82, 2.24) is 0 Å². The van der Waals surface area contributed by atoms with Crippen molar-refractivity contribution in [2.45, 2.75) is 25.9 Å². The minimum absolute atomic E-state index is 0.0273. The Hall–Kier alpha value is -3.64. The first-order valence-electron chi connectivity index (χ1n) is 10.8. The number of ether oxygens (including phenoxy) is 3. The molecule has 33 heavy (non-hydrogen) atoms. The molecule has 0 fully saturated rings. The van der Waals surface area contributed by atoms with Crippen LogP contribution in [0.15, 0.2) is 72.8 Å².